The van der Waals surface area contributed by atoms with E-state index in [-0.39, 0.29) is 23.6 Å². The summed E-state index contributed by atoms with van der Waals surface area (Å²) in [6.45, 7) is 6.70. The summed E-state index contributed by atoms with van der Waals surface area (Å²) < 4.78 is 5.61. The van der Waals surface area contributed by atoms with Crippen LogP contribution in [0.1, 0.15) is 20.8 Å². The molecule has 0 unspecified atom stereocenters. The van der Waals surface area contributed by atoms with E-state index >= 15 is 0 Å². The Morgan fingerprint density at radius 2 is 2.21 bits per heavy atom. The van der Waals surface area contributed by atoms with Crippen molar-refractivity contribution in [2.24, 2.45) is 11.1 Å². The first-order valence-electron chi connectivity index (χ1n) is 4.82. The Hall–Kier alpha value is -1.03. The van der Waals surface area contributed by atoms with Gasteiger partial charge in [-0.1, -0.05) is 20.8 Å². The second-order valence-electron chi connectivity index (χ2n) is 4.96. The first-order chi connectivity index (χ1) is 6.41. The van der Waals surface area contributed by atoms with E-state index in [2.05, 4.69) is 20.8 Å². The van der Waals surface area contributed by atoms with Crippen LogP contribution >= 0.6 is 0 Å². The molecule has 0 bridgehead atoms. The van der Waals surface area contributed by atoms with Gasteiger partial charge in [0.1, 0.15) is 6.23 Å². The molecule has 1 amide bonds. The van der Waals surface area contributed by atoms with Gasteiger partial charge in [-0.05, 0) is 0 Å². The van der Waals surface area contributed by atoms with E-state index in [9.17, 15) is 4.79 Å². The van der Waals surface area contributed by atoms with Crippen LogP contribution in [0.3, 0.4) is 0 Å². The van der Waals surface area contributed by atoms with Crippen LogP contribution in [-0.2, 0) is 9.53 Å². The molecule has 2 heterocycles. The molecule has 1 fully saturated rings. The smallest absolute Gasteiger partial charge is 0.251 e. The molecule has 4 heteroatoms. The van der Waals surface area contributed by atoms with Crippen molar-refractivity contribution in [1.82, 2.24) is 4.90 Å². The van der Waals surface area contributed by atoms with Crippen LogP contribution in [0.4, 0.5) is 0 Å². The number of fused-ring (bicyclic) bond motifs is 1. The average Bonchev–Trinajstić information content (AvgIpc) is 2.53. The molecule has 14 heavy (non-hydrogen) atoms. The molecular weight excluding hydrogens is 180 g/mol. The molecule has 0 aromatic rings. The molecule has 0 aliphatic carbocycles. The lowest BCUT2D eigenvalue weighted by Gasteiger charge is -2.33. The highest BCUT2D eigenvalue weighted by atomic mass is 16.5. The summed E-state index contributed by atoms with van der Waals surface area (Å²) in [7, 11) is 0. The van der Waals surface area contributed by atoms with Gasteiger partial charge in [0.25, 0.3) is 5.91 Å². The van der Waals surface area contributed by atoms with Gasteiger partial charge in [-0.2, -0.15) is 0 Å². The highest BCUT2D eigenvalue weighted by molar-refractivity contribution is 5.92. The van der Waals surface area contributed by atoms with Crippen LogP contribution < -0.4 is 5.73 Å². The Morgan fingerprint density at radius 1 is 1.57 bits per heavy atom. The highest BCUT2D eigenvalue weighted by Crippen LogP contribution is 2.35. The molecule has 78 valence electrons. The average molecular weight is 196 g/mol. The fourth-order valence-electron chi connectivity index (χ4n) is 2.01. The van der Waals surface area contributed by atoms with Crippen LogP contribution in [-0.4, -0.2) is 29.7 Å². The number of amides is 1. The van der Waals surface area contributed by atoms with Gasteiger partial charge in [-0.3, -0.25) is 4.79 Å². The van der Waals surface area contributed by atoms with Gasteiger partial charge in [-0.25, -0.2) is 0 Å². The topological polar surface area (TPSA) is 55.6 Å². The van der Waals surface area contributed by atoms with Crippen LogP contribution in [0.15, 0.2) is 11.8 Å². The number of hydrogen-bond acceptors (Lipinski definition) is 3. The standard InChI is InChI=1S/C10H16N2O2/c1-10(2,3)9-12-7(5-14-9)6(11)4-8(12)13/h4,7,9H,5,11H2,1-3H3/t7-,9-/m1/s1. The number of nitrogens with zero attached hydrogens (tertiary/aromatic N) is 1. The van der Waals surface area contributed by atoms with Crippen molar-refractivity contribution in [3.05, 3.63) is 11.8 Å². The largest absolute Gasteiger partial charge is 0.400 e. The van der Waals surface area contributed by atoms with Gasteiger partial charge in [-0.15, -0.1) is 0 Å². The molecule has 0 radical (unpaired) electrons. The zero-order chi connectivity index (χ0) is 10.5. The molecule has 2 rings (SSSR count). The van der Waals surface area contributed by atoms with Crippen LogP contribution in [0.5, 0.6) is 0 Å². The Balaban J connectivity index is 2.26. The minimum Gasteiger partial charge on any atom is -0.400 e. The number of rotatable bonds is 0. The minimum absolute atomic E-state index is 0.0232. The highest BCUT2D eigenvalue weighted by Gasteiger charge is 2.47. The second kappa shape index (κ2) is 2.73. The van der Waals surface area contributed by atoms with Crippen LogP contribution in [0, 0.1) is 5.41 Å². The van der Waals surface area contributed by atoms with Gasteiger partial charge < -0.3 is 15.4 Å². The number of ether oxygens (including phenoxy) is 1. The molecule has 2 atom stereocenters. The molecule has 0 aromatic heterocycles. The maximum absolute atomic E-state index is 11.6. The first kappa shape index (κ1) is 9.52. The molecule has 0 aromatic carbocycles. The van der Waals surface area contributed by atoms with Crippen molar-refractivity contribution in [2.45, 2.75) is 33.0 Å². The van der Waals surface area contributed by atoms with Crippen molar-refractivity contribution >= 4 is 5.91 Å². The van der Waals surface area contributed by atoms with Crippen molar-refractivity contribution in [3.63, 3.8) is 0 Å². The van der Waals surface area contributed by atoms with Crippen molar-refractivity contribution in [1.29, 1.82) is 0 Å². The van der Waals surface area contributed by atoms with Crippen LogP contribution in [0.2, 0.25) is 0 Å². The summed E-state index contributed by atoms with van der Waals surface area (Å²) in [5.74, 6) is -0.0232. The number of hydrogen-bond donors (Lipinski definition) is 1. The fraction of sp³-hybridized carbons (Fsp3) is 0.700. The third kappa shape index (κ3) is 1.21. The Kier molecular flexibility index (Phi) is 1.86. The third-order valence-electron chi connectivity index (χ3n) is 2.67. The molecule has 0 spiro atoms. The molecule has 4 nitrogen and oxygen atoms in total. The van der Waals surface area contributed by atoms with E-state index < -0.39 is 0 Å². The van der Waals surface area contributed by atoms with E-state index in [1.54, 1.807) is 4.90 Å². The lowest BCUT2D eigenvalue weighted by atomic mass is 9.93. The van der Waals surface area contributed by atoms with Crippen molar-refractivity contribution in [3.8, 4) is 0 Å². The van der Waals surface area contributed by atoms with E-state index in [1.807, 2.05) is 0 Å². The summed E-state index contributed by atoms with van der Waals surface area (Å²) in [6.07, 6.45) is 1.35. The van der Waals surface area contributed by atoms with E-state index in [1.165, 1.54) is 6.08 Å². The molecule has 2 aliphatic rings. The van der Waals surface area contributed by atoms with E-state index in [0.717, 1.165) is 0 Å². The monoisotopic (exact) mass is 196 g/mol. The zero-order valence-corrected chi connectivity index (χ0v) is 8.78. The molecule has 1 saturated heterocycles. The number of carbonyl (C=O) groups excluding carboxylic acids is 1. The summed E-state index contributed by atoms with van der Waals surface area (Å²) >= 11 is 0. The maximum Gasteiger partial charge on any atom is 0.251 e. The summed E-state index contributed by atoms with van der Waals surface area (Å²) in [5, 5.41) is 0. The van der Waals surface area contributed by atoms with Gasteiger partial charge >= 0.3 is 0 Å². The molecule has 2 aliphatic heterocycles. The van der Waals surface area contributed by atoms with E-state index in [4.69, 9.17) is 10.5 Å². The third-order valence-corrected chi connectivity index (χ3v) is 2.67. The van der Waals surface area contributed by atoms with Crippen molar-refractivity contribution < 1.29 is 9.53 Å². The first-order valence-corrected chi connectivity index (χ1v) is 4.82. The Bertz CT molecular complexity index is 304. The Labute approximate surface area is 83.7 Å². The molecule has 2 N–H and O–H groups in total. The molecular formula is C10H16N2O2. The van der Waals surface area contributed by atoms with Gasteiger partial charge in [0.15, 0.2) is 0 Å². The van der Waals surface area contributed by atoms with Crippen LogP contribution in [0.25, 0.3) is 0 Å². The van der Waals surface area contributed by atoms with Gasteiger partial charge in [0, 0.05) is 17.2 Å². The predicted octanol–water partition coefficient (Wildman–Crippen LogP) is 0.442. The zero-order valence-electron chi connectivity index (χ0n) is 8.78. The normalized spacial score (nSPS) is 32.1. The fourth-order valence-corrected chi connectivity index (χ4v) is 2.01. The number of nitrogens with two attached hydrogens (primary N) is 1. The minimum atomic E-state index is -0.155. The van der Waals surface area contributed by atoms with Gasteiger partial charge in [0.2, 0.25) is 0 Å². The SMILES string of the molecule is CC(C)(C)[C@H]1OC[C@@H]2C(N)=CC(=O)N21. The van der Waals surface area contributed by atoms with Crippen molar-refractivity contribution in [2.75, 3.05) is 6.61 Å². The number of carbonyl (C=O) groups is 1. The lowest BCUT2D eigenvalue weighted by Crippen LogP contribution is -2.44. The Morgan fingerprint density at radius 3 is 2.79 bits per heavy atom. The summed E-state index contributed by atoms with van der Waals surface area (Å²) in [6, 6.07) is -0.0354. The second-order valence-corrected chi connectivity index (χ2v) is 4.96. The predicted molar refractivity (Wildman–Crippen MR) is 52.1 cm³/mol. The van der Waals surface area contributed by atoms with E-state index in [0.29, 0.717) is 12.3 Å². The summed E-state index contributed by atoms with van der Waals surface area (Å²) in [5.41, 5.74) is 6.29. The lowest BCUT2D eigenvalue weighted by molar-refractivity contribution is -0.136. The quantitative estimate of drug-likeness (QED) is 0.611. The maximum atomic E-state index is 11.6. The summed E-state index contributed by atoms with van der Waals surface area (Å²) in [4.78, 5) is 13.4. The van der Waals surface area contributed by atoms with Gasteiger partial charge in [0.05, 0.1) is 12.6 Å². The molecule has 0 saturated carbocycles.